The zero-order chi connectivity index (χ0) is 28.3. The number of amides is 1. The molecule has 2 fully saturated rings. The smallest absolute Gasteiger partial charge is 0.348 e. The summed E-state index contributed by atoms with van der Waals surface area (Å²) in [7, 11) is 4.08. The molecule has 1 amide bonds. The standard InChI is InChI=1S/C31H45N3O4S/c1-20-7-9-22(10-8-20)29(35)34(25-18-26(31(2,3)4)39-28(25)30(36)37)23-11-13-24(14-12-23)38-27-17-21(15-16-32-27)19-33(5)6/h15-18,20,22-24H,7-14,19H2,1-6H3,(H,36,37)/t20?,22?,23-,24+. The molecule has 2 heterocycles. The van der Waals surface area contributed by atoms with E-state index in [-0.39, 0.29) is 34.3 Å². The van der Waals surface area contributed by atoms with Crippen LogP contribution in [0.4, 0.5) is 5.69 Å². The Kier molecular flexibility index (Phi) is 9.37. The lowest BCUT2D eigenvalue weighted by molar-refractivity contribution is -0.124. The third-order valence-corrected chi connectivity index (χ3v) is 9.64. The Bertz CT molecular complexity index is 1140. The second kappa shape index (κ2) is 12.4. The van der Waals surface area contributed by atoms with Gasteiger partial charge in [0.25, 0.3) is 0 Å². The highest BCUT2D eigenvalue weighted by molar-refractivity contribution is 7.14. The van der Waals surface area contributed by atoms with Crippen molar-refractivity contribution in [3.8, 4) is 5.88 Å². The van der Waals surface area contributed by atoms with Gasteiger partial charge in [0.05, 0.1) is 5.69 Å². The van der Waals surface area contributed by atoms with Gasteiger partial charge in [0.2, 0.25) is 11.8 Å². The van der Waals surface area contributed by atoms with Gasteiger partial charge in [-0.2, -0.15) is 0 Å². The van der Waals surface area contributed by atoms with E-state index >= 15 is 0 Å². The summed E-state index contributed by atoms with van der Waals surface area (Å²) in [6.07, 6.45) is 8.83. The van der Waals surface area contributed by atoms with Crippen LogP contribution in [0.25, 0.3) is 0 Å². The molecule has 214 valence electrons. The first kappa shape index (κ1) is 29.5. The molecular formula is C31H45N3O4S. The Morgan fingerprint density at radius 1 is 1.05 bits per heavy atom. The van der Waals surface area contributed by atoms with Crippen LogP contribution in [0.1, 0.15) is 99.2 Å². The van der Waals surface area contributed by atoms with Gasteiger partial charge in [0.1, 0.15) is 11.0 Å². The van der Waals surface area contributed by atoms with Crippen LogP contribution in [0.5, 0.6) is 5.88 Å². The molecule has 4 rings (SSSR count). The van der Waals surface area contributed by atoms with Gasteiger partial charge >= 0.3 is 5.97 Å². The molecule has 2 aliphatic rings. The fourth-order valence-corrected chi connectivity index (χ4v) is 6.90. The summed E-state index contributed by atoms with van der Waals surface area (Å²) in [6, 6.07) is 5.95. The summed E-state index contributed by atoms with van der Waals surface area (Å²) in [6.45, 7) is 9.35. The number of carbonyl (C=O) groups is 2. The van der Waals surface area contributed by atoms with Crippen LogP contribution >= 0.6 is 11.3 Å². The zero-order valence-electron chi connectivity index (χ0n) is 24.4. The van der Waals surface area contributed by atoms with Crippen LogP contribution in [-0.4, -0.2) is 53.1 Å². The number of aromatic carboxylic acids is 1. The quantitative estimate of drug-likeness (QED) is 0.388. The molecule has 1 N–H and O–H groups in total. The van der Waals surface area contributed by atoms with Crippen LogP contribution in [-0.2, 0) is 16.8 Å². The molecule has 0 saturated heterocycles. The Labute approximate surface area is 237 Å². The van der Waals surface area contributed by atoms with Crippen LogP contribution in [0.15, 0.2) is 24.4 Å². The Morgan fingerprint density at radius 3 is 2.31 bits per heavy atom. The fraction of sp³-hybridized carbons (Fsp3) is 0.645. The molecule has 0 unspecified atom stereocenters. The van der Waals surface area contributed by atoms with Crippen molar-refractivity contribution in [2.24, 2.45) is 11.8 Å². The molecule has 0 aliphatic heterocycles. The number of rotatable bonds is 8. The fourth-order valence-electron chi connectivity index (χ4n) is 5.85. The molecule has 39 heavy (non-hydrogen) atoms. The molecule has 8 heteroatoms. The van der Waals surface area contributed by atoms with Crippen molar-refractivity contribution in [3.05, 3.63) is 39.7 Å². The molecule has 2 aromatic heterocycles. The highest BCUT2D eigenvalue weighted by atomic mass is 32.1. The van der Waals surface area contributed by atoms with Crippen LogP contribution in [0.3, 0.4) is 0 Å². The van der Waals surface area contributed by atoms with Gasteiger partial charge in [0.15, 0.2) is 0 Å². The first-order chi connectivity index (χ1) is 18.4. The number of hydrogen-bond donors (Lipinski definition) is 1. The number of nitrogens with zero attached hydrogens (tertiary/aromatic N) is 3. The molecule has 0 atom stereocenters. The lowest BCUT2D eigenvalue weighted by Crippen LogP contribution is -2.47. The van der Waals surface area contributed by atoms with E-state index < -0.39 is 5.97 Å². The number of carboxylic acid groups (broad SMARTS) is 1. The first-order valence-electron chi connectivity index (χ1n) is 14.4. The van der Waals surface area contributed by atoms with E-state index in [1.807, 2.05) is 37.2 Å². The van der Waals surface area contributed by atoms with Gasteiger partial charge in [-0.1, -0.05) is 27.7 Å². The summed E-state index contributed by atoms with van der Waals surface area (Å²) >= 11 is 1.31. The van der Waals surface area contributed by atoms with E-state index in [4.69, 9.17) is 4.74 Å². The summed E-state index contributed by atoms with van der Waals surface area (Å²) in [4.78, 5) is 36.2. The van der Waals surface area contributed by atoms with Crippen molar-refractivity contribution >= 4 is 28.9 Å². The maximum absolute atomic E-state index is 14.1. The number of aromatic nitrogens is 1. The van der Waals surface area contributed by atoms with Crippen molar-refractivity contribution in [2.75, 3.05) is 19.0 Å². The number of thiophene rings is 1. The highest BCUT2D eigenvalue weighted by Gasteiger charge is 2.38. The topological polar surface area (TPSA) is 83.0 Å². The minimum absolute atomic E-state index is 0.0300. The third-order valence-electron chi connectivity index (χ3n) is 8.10. The number of pyridine rings is 1. The SMILES string of the molecule is CC1CCC(C(=O)N(c2cc(C(C)(C)C)sc2C(=O)O)[C@H]2CC[C@@H](Oc3cc(CN(C)C)ccn3)CC2)CC1. The van der Waals surface area contributed by atoms with Crippen LogP contribution < -0.4 is 9.64 Å². The number of hydrogen-bond acceptors (Lipinski definition) is 6. The molecular weight excluding hydrogens is 510 g/mol. The number of ether oxygens (including phenoxy) is 1. The van der Waals surface area contributed by atoms with Gasteiger partial charge < -0.3 is 19.6 Å². The van der Waals surface area contributed by atoms with Gasteiger partial charge in [-0.05, 0) is 94.5 Å². The molecule has 0 spiro atoms. The predicted molar refractivity (Wildman–Crippen MR) is 157 cm³/mol. The maximum atomic E-state index is 14.1. The third kappa shape index (κ3) is 7.40. The van der Waals surface area contributed by atoms with E-state index in [0.717, 1.165) is 68.4 Å². The van der Waals surface area contributed by atoms with Crippen molar-refractivity contribution in [2.45, 2.75) is 103 Å². The van der Waals surface area contributed by atoms with Crippen LogP contribution in [0, 0.1) is 11.8 Å². The molecule has 2 aromatic rings. The Balaban J connectivity index is 1.55. The second-order valence-corrected chi connectivity index (χ2v) is 13.9. The first-order valence-corrected chi connectivity index (χ1v) is 15.2. The van der Waals surface area contributed by atoms with Gasteiger partial charge in [-0.15, -0.1) is 11.3 Å². The van der Waals surface area contributed by atoms with Gasteiger partial charge in [-0.3, -0.25) is 4.79 Å². The van der Waals surface area contributed by atoms with E-state index in [9.17, 15) is 14.7 Å². The lowest BCUT2D eigenvalue weighted by atomic mass is 9.81. The lowest BCUT2D eigenvalue weighted by Gasteiger charge is -2.39. The molecule has 0 bridgehead atoms. The van der Waals surface area contributed by atoms with E-state index in [1.165, 1.54) is 11.3 Å². The summed E-state index contributed by atoms with van der Waals surface area (Å²) < 4.78 is 6.29. The van der Waals surface area contributed by atoms with Crippen molar-refractivity contribution in [3.63, 3.8) is 0 Å². The molecule has 2 aliphatic carbocycles. The highest BCUT2D eigenvalue weighted by Crippen LogP contribution is 2.42. The summed E-state index contributed by atoms with van der Waals surface area (Å²) in [5.74, 6) is 0.385. The average molecular weight is 556 g/mol. The minimum Gasteiger partial charge on any atom is -0.477 e. The van der Waals surface area contributed by atoms with Gasteiger partial charge in [0, 0.05) is 35.6 Å². The normalized spacial score (nSPS) is 24.0. The monoisotopic (exact) mass is 555 g/mol. The van der Waals surface area contributed by atoms with E-state index in [0.29, 0.717) is 17.5 Å². The van der Waals surface area contributed by atoms with Gasteiger partial charge in [-0.25, -0.2) is 9.78 Å². The molecule has 0 aromatic carbocycles. The molecule has 2 saturated carbocycles. The average Bonchev–Trinajstić information content (AvgIpc) is 3.32. The van der Waals surface area contributed by atoms with Crippen molar-refractivity contribution in [1.82, 2.24) is 9.88 Å². The van der Waals surface area contributed by atoms with E-state index in [2.05, 4.69) is 37.6 Å². The summed E-state index contributed by atoms with van der Waals surface area (Å²) in [5, 5.41) is 10.1. The summed E-state index contributed by atoms with van der Waals surface area (Å²) in [5.41, 5.74) is 1.55. The number of carboxylic acids is 1. The van der Waals surface area contributed by atoms with Crippen molar-refractivity contribution < 1.29 is 19.4 Å². The Hall–Kier alpha value is -2.45. The second-order valence-electron chi connectivity index (χ2n) is 12.8. The zero-order valence-corrected chi connectivity index (χ0v) is 25.2. The predicted octanol–water partition coefficient (Wildman–Crippen LogP) is 6.75. The largest absolute Gasteiger partial charge is 0.477 e. The Morgan fingerprint density at radius 2 is 1.72 bits per heavy atom. The molecule has 0 radical (unpaired) electrons. The van der Waals surface area contributed by atoms with Crippen LogP contribution in [0.2, 0.25) is 0 Å². The number of carbonyl (C=O) groups excluding carboxylic acids is 1. The minimum atomic E-state index is -0.957. The molecule has 7 nitrogen and oxygen atoms in total. The van der Waals surface area contributed by atoms with E-state index in [1.54, 1.807) is 6.20 Å². The maximum Gasteiger partial charge on any atom is 0.348 e. The van der Waals surface area contributed by atoms with Crippen molar-refractivity contribution in [1.29, 1.82) is 0 Å². The number of anilines is 1.